The third kappa shape index (κ3) is 6.90. The highest BCUT2D eigenvalue weighted by Gasteiger charge is 2.38. The SMILES string of the molecule is CCCCCc1cc(F)c(C#Cc2ccc(C(F)(F)Oc3ccc(-c4cc(F)c(F)c(F)c4)c(F)c3)c(F)c2)c(F)c1. The Bertz CT molecular complexity index is 1640. The molecule has 0 N–H and O–H groups in total. The van der Waals surface area contributed by atoms with Crippen molar-refractivity contribution in [3.8, 4) is 28.7 Å². The van der Waals surface area contributed by atoms with Crippen LogP contribution >= 0.6 is 0 Å². The third-order valence-corrected chi connectivity index (χ3v) is 6.27. The zero-order chi connectivity index (χ0) is 30.6. The van der Waals surface area contributed by atoms with Crippen LogP contribution in [0.1, 0.15) is 48.4 Å². The molecule has 0 spiro atoms. The highest BCUT2D eigenvalue weighted by atomic mass is 19.3. The van der Waals surface area contributed by atoms with Crippen molar-refractivity contribution in [2.75, 3.05) is 0 Å². The number of unbranched alkanes of at least 4 members (excludes halogenated alkanes) is 2. The van der Waals surface area contributed by atoms with E-state index in [0.717, 1.165) is 49.6 Å². The van der Waals surface area contributed by atoms with Crippen LogP contribution in [0.3, 0.4) is 0 Å². The van der Waals surface area contributed by atoms with Gasteiger partial charge in [0, 0.05) is 17.2 Å². The lowest BCUT2D eigenvalue weighted by Gasteiger charge is -2.19. The molecule has 4 aromatic carbocycles. The molecule has 0 saturated heterocycles. The van der Waals surface area contributed by atoms with Crippen LogP contribution in [0.15, 0.2) is 60.7 Å². The second-order valence-corrected chi connectivity index (χ2v) is 9.35. The van der Waals surface area contributed by atoms with Gasteiger partial charge >= 0.3 is 6.11 Å². The lowest BCUT2D eigenvalue weighted by molar-refractivity contribution is -0.187. The molecule has 0 saturated carbocycles. The van der Waals surface area contributed by atoms with Crippen LogP contribution in [0.2, 0.25) is 0 Å². The Balaban J connectivity index is 1.52. The molecule has 0 fully saturated rings. The maximum absolute atomic E-state index is 14.8. The number of hydrogen-bond acceptors (Lipinski definition) is 1. The van der Waals surface area contributed by atoms with E-state index in [-0.39, 0.29) is 5.56 Å². The van der Waals surface area contributed by atoms with Crippen molar-refractivity contribution in [2.24, 2.45) is 0 Å². The predicted octanol–water partition coefficient (Wildman–Crippen LogP) is 9.59. The highest BCUT2D eigenvalue weighted by Crippen LogP contribution is 2.36. The highest BCUT2D eigenvalue weighted by molar-refractivity contribution is 5.65. The number of benzene rings is 4. The quantitative estimate of drug-likeness (QED) is 0.0857. The summed E-state index contributed by atoms with van der Waals surface area (Å²) in [6.45, 7) is 2.00. The van der Waals surface area contributed by atoms with Crippen LogP contribution in [0.5, 0.6) is 5.75 Å². The molecular formula is C32H21F9O. The first-order valence-electron chi connectivity index (χ1n) is 12.7. The molecule has 0 bridgehead atoms. The molecule has 10 heteroatoms. The van der Waals surface area contributed by atoms with Gasteiger partial charge in [-0.05, 0) is 78.6 Å². The van der Waals surface area contributed by atoms with Crippen molar-refractivity contribution in [2.45, 2.75) is 38.7 Å². The number of aryl methyl sites for hydroxylation is 1. The maximum atomic E-state index is 14.8. The molecule has 0 aliphatic carbocycles. The summed E-state index contributed by atoms with van der Waals surface area (Å²) in [6, 6.07) is 7.84. The smallest absolute Gasteiger partial charge is 0.429 e. The molecule has 0 unspecified atom stereocenters. The standard InChI is InChI=1S/C32H21F9O/c1-2-3-4-5-19-13-25(33)23(26(34)14-19)9-6-18-7-11-24(28(36)12-18)32(40,41)42-21-8-10-22(27(35)17-21)20-15-29(37)31(39)30(38)16-20/h7-8,10-17H,2-5H2,1H3. The Kier molecular flexibility index (Phi) is 9.20. The molecule has 1 nitrogen and oxygen atoms in total. The fraction of sp³-hybridized carbons (Fsp3) is 0.188. The van der Waals surface area contributed by atoms with Crippen molar-refractivity contribution in [3.05, 3.63) is 124 Å². The van der Waals surface area contributed by atoms with E-state index in [1.807, 2.05) is 6.92 Å². The van der Waals surface area contributed by atoms with Gasteiger partial charge in [0.2, 0.25) is 0 Å². The molecule has 0 aliphatic heterocycles. The minimum atomic E-state index is -4.32. The van der Waals surface area contributed by atoms with Gasteiger partial charge in [0.25, 0.3) is 0 Å². The van der Waals surface area contributed by atoms with Crippen LogP contribution in [-0.2, 0) is 12.5 Å². The lowest BCUT2D eigenvalue weighted by Crippen LogP contribution is -2.23. The molecule has 218 valence electrons. The molecule has 42 heavy (non-hydrogen) atoms. The van der Waals surface area contributed by atoms with Crippen molar-refractivity contribution in [1.29, 1.82) is 0 Å². The summed E-state index contributed by atoms with van der Waals surface area (Å²) in [6.07, 6.45) is -1.22. The first-order chi connectivity index (χ1) is 19.9. The first-order valence-corrected chi connectivity index (χ1v) is 12.7. The Hall–Kier alpha value is -4.39. The molecular weight excluding hydrogens is 571 g/mol. The van der Waals surface area contributed by atoms with E-state index in [2.05, 4.69) is 16.6 Å². The van der Waals surface area contributed by atoms with Gasteiger partial charge in [0.05, 0.1) is 5.56 Å². The summed E-state index contributed by atoms with van der Waals surface area (Å²) in [5.41, 5.74) is -2.32. The second kappa shape index (κ2) is 12.6. The maximum Gasteiger partial charge on any atom is 0.429 e. The van der Waals surface area contributed by atoms with Crippen LogP contribution in [-0.4, -0.2) is 0 Å². The molecule has 4 rings (SSSR count). The number of hydrogen-bond donors (Lipinski definition) is 0. The summed E-state index contributed by atoms with van der Waals surface area (Å²) in [7, 11) is 0. The number of halogens is 9. The van der Waals surface area contributed by atoms with E-state index in [1.54, 1.807) is 0 Å². The molecule has 0 amide bonds. The van der Waals surface area contributed by atoms with Crippen molar-refractivity contribution < 1.29 is 44.3 Å². The fourth-order valence-electron chi connectivity index (χ4n) is 4.14. The van der Waals surface area contributed by atoms with Crippen molar-refractivity contribution >= 4 is 0 Å². The van der Waals surface area contributed by atoms with Gasteiger partial charge in [-0.15, -0.1) is 0 Å². The van der Waals surface area contributed by atoms with Crippen molar-refractivity contribution in [3.63, 3.8) is 0 Å². The predicted molar refractivity (Wildman–Crippen MR) is 138 cm³/mol. The van der Waals surface area contributed by atoms with E-state index in [0.29, 0.717) is 42.3 Å². The Morgan fingerprint density at radius 2 is 1.33 bits per heavy atom. The van der Waals surface area contributed by atoms with Gasteiger partial charge in [0.15, 0.2) is 17.5 Å². The topological polar surface area (TPSA) is 9.23 Å². The average molecular weight is 593 g/mol. The Morgan fingerprint density at radius 3 is 1.93 bits per heavy atom. The monoisotopic (exact) mass is 592 g/mol. The fourth-order valence-corrected chi connectivity index (χ4v) is 4.14. The average Bonchev–Trinajstić information content (AvgIpc) is 2.91. The lowest BCUT2D eigenvalue weighted by atomic mass is 10.0. The van der Waals surface area contributed by atoms with Crippen LogP contribution in [0.25, 0.3) is 11.1 Å². The zero-order valence-corrected chi connectivity index (χ0v) is 21.9. The van der Waals surface area contributed by atoms with Gasteiger partial charge in [-0.2, -0.15) is 8.78 Å². The molecule has 0 radical (unpaired) electrons. The Morgan fingerprint density at radius 1 is 0.667 bits per heavy atom. The van der Waals surface area contributed by atoms with Crippen LogP contribution in [0.4, 0.5) is 39.5 Å². The summed E-state index contributed by atoms with van der Waals surface area (Å²) in [5, 5.41) is 0. The first kappa shape index (κ1) is 30.6. The summed E-state index contributed by atoms with van der Waals surface area (Å²) < 4.78 is 132. The number of ether oxygens (including phenoxy) is 1. The zero-order valence-electron chi connectivity index (χ0n) is 21.9. The summed E-state index contributed by atoms with van der Waals surface area (Å²) >= 11 is 0. The second-order valence-electron chi connectivity index (χ2n) is 9.35. The minimum absolute atomic E-state index is 0.160. The molecule has 0 aromatic heterocycles. The molecule has 0 aliphatic rings. The molecule has 0 heterocycles. The third-order valence-electron chi connectivity index (χ3n) is 6.27. The minimum Gasteiger partial charge on any atom is -0.429 e. The number of alkyl halides is 2. The van der Waals surface area contributed by atoms with Crippen LogP contribution < -0.4 is 4.74 Å². The van der Waals surface area contributed by atoms with Gasteiger partial charge in [-0.3, -0.25) is 0 Å². The summed E-state index contributed by atoms with van der Waals surface area (Å²) in [4.78, 5) is 0. The van der Waals surface area contributed by atoms with Crippen molar-refractivity contribution in [1.82, 2.24) is 0 Å². The summed E-state index contributed by atoms with van der Waals surface area (Å²) in [5.74, 6) is -5.57. The van der Waals surface area contributed by atoms with Crippen LogP contribution in [0, 0.1) is 52.6 Å². The van der Waals surface area contributed by atoms with E-state index in [1.165, 1.54) is 0 Å². The largest absolute Gasteiger partial charge is 0.429 e. The Labute approximate surface area is 235 Å². The van der Waals surface area contributed by atoms with Gasteiger partial charge in [-0.25, -0.2) is 30.7 Å². The van der Waals surface area contributed by atoms with Gasteiger partial charge in [-0.1, -0.05) is 31.6 Å². The van der Waals surface area contributed by atoms with E-state index < -0.39 is 74.8 Å². The number of rotatable bonds is 8. The van der Waals surface area contributed by atoms with E-state index in [4.69, 9.17) is 0 Å². The van der Waals surface area contributed by atoms with E-state index in [9.17, 15) is 39.5 Å². The normalized spacial score (nSPS) is 11.3. The molecule has 0 atom stereocenters. The van der Waals surface area contributed by atoms with Gasteiger partial charge in [0.1, 0.15) is 34.6 Å². The van der Waals surface area contributed by atoms with Gasteiger partial charge < -0.3 is 4.74 Å². The molecule has 4 aromatic rings. The van der Waals surface area contributed by atoms with E-state index >= 15 is 0 Å².